The van der Waals surface area contributed by atoms with Crippen LogP contribution in [-0.2, 0) is 11.3 Å². The third-order valence-electron chi connectivity index (χ3n) is 2.17. The first-order valence-corrected chi connectivity index (χ1v) is 6.30. The number of aryl methyl sites for hydroxylation is 1. The Bertz CT molecular complexity index is 579. The number of aromatic nitrogens is 1. The van der Waals surface area contributed by atoms with E-state index in [2.05, 4.69) is 0 Å². The molecule has 16 heavy (non-hydrogen) atoms. The topological polar surface area (TPSA) is 59.3 Å². The molecule has 0 saturated heterocycles. The minimum absolute atomic E-state index is 0.231. The summed E-state index contributed by atoms with van der Waals surface area (Å²) in [5.41, 5.74) is 1.76. The van der Waals surface area contributed by atoms with E-state index in [0.717, 1.165) is 21.8 Å². The van der Waals surface area contributed by atoms with Crippen LogP contribution in [0.25, 0.3) is 10.6 Å². The van der Waals surface area contributed by atoms with Gasteiger partial charge in [-0.2, -0.15) is 0 Å². The molecule has 4 nitrogen and oxygen atoms in total. The molecule has 84 valence electrons. The fourth-order valence-electron chi connectivity index (χ4n) is 1.43. The molecule has 2 aromatic rings. The lowest BCUT2D eigenvalue weighted by Gasteiger charge is -2.03. The van der Waals surface area contributed by atoms with E-state index in [1.54, 1.807) is 5.38 Å². The maximum atomic E-state index is 11.5. The molecular formula is C10H9NO3S2. The number of thiophene rings is 1. The molecule has 0 aliphatic heterocycles. The van der Waals surface area contributed by atoms with Crippen molar-refractivity contribution in [2.45, 2.75) is 13.5 Å². The SMILES string of the molecule is Cc1ccsc1-c1csc(=O)n1CC(=O)O. The highest BCUT2D eigenvalue weighted by Gasteiger charge is 2.14. The first-order chi connectivity index (χ1) is 7.59. The van der Waals surface area contributed by atoms with Crippen LogP contribution in [0, 0.1) is 6.92 Å². The minimum Gasteiger partial charge on any atom is -0.480 e. The van der Waals surface area contributed by atoms with Gasteiger partial charge in [-0.3, -0.25) is 14.2 Å². The summed E-state index contributed by atoms with van der Waals surface area (Å²) in [4.78, 5) is 22.9. The Morgan fingerprint density at radius 2 is 2.25 bits per heavy atom. The molecule has 2 heterocycles. The van der Waals surface area contributed by atoms with E-state index in [-0.39, 0.29) is 11.4 Å². The van der Waals surface area contributed by atoms with Gasteiger partial charge in [0.2, 0.25) is 0 Å². The molecule has 2 aromatic heterocycles. The summed E-state index contributed by atoms with van der Waals surface area (Å²) in [6.45, 7) is 1.66. The quantitative estimate of drug-likeness (QED) is 0.913. The maximum absolute atomic E-state index is 11.5. The number of nitrogens with zero attached hydrogens (tertiary/aromatic N) is 1. The van der Waals surface area contributed by atoms with Gasteiger partial charge in [-0.25, -0.2) is 0 Å². The standard InChI is InChI=1S/C10H9NO3S2/c1-6-2-3-15-9(6)7-5-16-10(14)11(7)4-8(12)13/h2-3,5H,4H2,1H3,(H,12,13). The average Bonchev–Trinajstić information content (AvgIpc) is 2.75. The number of hydrogen-bond acceptors (Lipinski definition) is 4. The van der Waals surface area contributed by atoms with Gasteiger partial charge in [-0.05, 0) is 23.9 Å². The number of hydrogen-bond donors (Lipinski definition) is 1. The normalized spacial score (nSPS) is 10.6. The summed E-state index contributed by atoms with van der Waals surface area (Å²) in [5.74, 6) is -1.00. The van der Waals surface area contributed by atoms with Crippen molar-refractivity contribution < 1.29 is 9.90 Å². The summed E-state index contributed by atoms with van der Waals surface area (Å²) in [6, 6.07) is 1.95. The highest BCUT2D eigenvalue weighted by Crippen LogP contribution is 2.29. The van der Waals surface area contributed by atoms with Crippen LogP contribution >= 0.6 is 22.7 Å². The fraction of sp³-hybridized carbons (Fsp3) is 0.200. The molecule has 0 radical (unpaired) electrons. The molecule has 0 aromatic carbocycles. The van der Waals surface area contributed by atoms with Crippen molar-refractivity contribution in [3.63, 3.8) is 0 Å². The summed E-state index contributed by atoms with van der Waals surface area (Å²) in [7, 11) is 0. The van der Waals surface area contributed by atoms with Gasteiger partial charge in [0, 0.05) is 5.38 Å². The second-order valence-corrected chi connectivity index (χ2v) is 5.04. The van der Waals surface area contributed by atoms with Gasteiger partial charge in [0.15, 0.2) is 0 Å². The number of thiazole rings is 1. The summed E-state index contributed by atoms with van der Waals surface area (Å²) < 4.78 is 1.30. The summed E-state index contributed by atoms with van der Waals surface area (Å²) >= 11 is 2.54. The van der Waals surface area contributed by atoms with Crippen molar-refractivity contribution in [3.05, 3.63) is 32.1 Å². The van der Waals surface area contributed by atoms with Crippen LogP contribution in [0.15, 0.2) is 21.6 Å². The van der Waals surface area contributed by atoms with Crippen LogP contribution in [0.1, 0.15) is 5.56 Å². The van der Waals surface area contributed by atoms with E-state index in [0.29, 0.717) is 5.69 Å². The Labute approximate surface area is 99.4 Å². The van der Waals surface area contributed by atoms with Crippen molar-refractivity contribution in [1.29, 1.82) is 0 Å². The highest BCUT2D eigenvalue weighted by molar-refractivity contribution is 7.14. The molecule has 0 spiro atoms. The molecule has 0 unspecified atom stereocenters. The van der Waals surface area contributed by atoms with E-state index in [1.807, 2.05) is 18.4 Å². The van der Waals surface area contributed by atoms with Crippen LogP contribution in [0.5, 0.6) is 0 Å². The predicted molar refractivity (Wildman–Crippen MR) is 64.3 cm³/mol. The fourth-order valence-corrected chi connectivity index (χ4v) is 3.20. The zero-order valence-electron chi connectivity index (χ0n) is 8.47. The molecule has 0 aliphatic carbocycles. The zero-order chi connectivity index (χ0) is 11.7. The molecule has 0 atom stereocenters. The van der Waals surface area contributed by atoms with Crippen LogP contribution in [0.3, 0.4) is 0 Å². The lowest BCUT2D eigenvalue weighted by Crippen LogP contribution is -2.19. The van der Waals surface area contributed by atoms with E-state index < -0.39 is 5.97 Å². The number of rotatable bonds is 3. The van der Waals surface area contributed by atoms with Crippen molar-refractivity contribution in [2.24, 2.45) is 0 Å². The Balaban J connectivity index is 2.54. The molecule has 0 fully saturated rings. The summed E-state index contributed by atoms with van der Waals surface area (Å²) in [5, 5.41) is 12.4. The molecule has 0 bridgehead atoms. The number of carboxylic acids is 1. The number of carbonyl (C=O) groups is 1. The first-order valence-electron chi connectivity index (χ1n) is 4.54. The van der Waals surface area contributed by atoms with Gasteiger partial charge in [0.05, 0.1) is 10.6 Å². The summed E-state index contributed by atoms with van der Waals surface area (Å²) in [6.07, 6.45) is 0. The second kappa shape index (κ2) is 4.23. The molecule has 0 aliphatic rings. The van der Waals surface area contributed by atoms with E-state index in [4.69, 9.17) is 5.11 Å². The van der Waals surface area contributed by atoms with Gasteiger partial charge < -0.3 is 5.11 Å². The maximum Gasteiger partial charge on any atom is 0.323 e. The lowest BCUT2D eigenvalue weighted by molar-refractivity contribution is -0.137. The minimum atomic E-state index is -1.00. The van der Waals surface area contributed by atoms with Gasteiger partial charge in [0.1, 0.15) is 6.54 Å². The monoisotopic (exact) mass is 255 g/mol. The van der Waals surface area contributed by atoms with Crippen molar-refractivity contribution in [3.8, 4) is 10.6 Å². The average molecular weight is 255 g/mol. The Morgan fingerprint density at radius 1 is 1.50 bits per heavy atom. The third-order valence-corrected chi connectivity index (χ3v) is 3.97. The number of carboxylic acid groups (broad SMARTS) is 1. The zero-order valence-corrected chi connectivity index (χ0v) is 10.1. The van der Waals surface area contributed by atoms with E-state index in [1.165, 1.54) is 15.9 Å². The van der Waals surface area contributed by atoms with E-state index >= 15 is 0 Å². The van der Waals surface area contributed by atoms with Crippen LogP contribution in [-0.4, -0.2) is 15.6 Å². The largest absolute Gasteiger partial charge is 0.480 e. The first kappa shape index (κ1) is 11.1. The molecule has 2 rings (SSSR count). The van der Waals surface area contributed by atoms with Gasteiger partial charge in [-0.1, -0.05) is 11.3 Å². The smallest absolute Gasteiger partial charge is 0.323 e. The van der Waals surface area contributed by atoms with E-state index in [9.17, 15) is 9.59 Å². The Morgan fingerprint density at radius 3 is 2.81 bits per heavy atom. The molecule has 6 heteroatoms. The number of aliphatic carboxylic acids is 1. The molecular weight excluding hydrogens is 246 g/mol. The van der Waals surface area contributed by atoms with Gasteiger partial charge in [-0.15, -0.1) is 11.3 Å². The Hall–Kier alpha value is -1.40. The van der Waals surface area contributed by atoms with Gasteiger partial charge in [0.25, 0.3) is 0 Å². The molecule has 1 N–H and O–H groups in total. The van der Waals surface area contributed by atoms with Crippen LogP contribution in [0.4, 0.5) is 0 Å². The Kier molecular flexibility index (Phi) is 2.93. The lowest BCUT2D eigenvalue weighted by atomic mass is 10.2. The third kappa shape index (κ3) is 1.94. The van der Waals surface area contributed by atoms with Crippen molar-refractivity contribution in [1.82, 2.24) is 4.57 Å². The van der Waals surface area contributed by atoms with Crippen LogP contribution in [0.2, 0.25) is 0 Å². The highest BCUT2D eigenvalue weighted by atomic mass is 32.1. The molecule has 0 saturated carbocycles. The van der Waals surface area contributed by atoms with Crippen molar-refractivity contribution >= 4 is 28.6 Å². The predicted octanol–water partition coefficient (Wildman–Crippen LogP) is 2.03. The second-order valence-electron chi connectivity index (χ2n) is 3.30. The van der Waals surface area contributed by atoms with Crippen LogP contribution < -0.4 is 4.87 Å². The van der Waals surface area contributed by atoms with Crippen molar-refractivity contribution in [2.75, 3.05) is 0 Å². The molecule has 0 amide bonds. The van der Waals surface area contributed by atoms with Gasteiger partial charge >= 0.3 is 10.8 Å².